The maximum absolute atomic E-state index is 12.9. The van der Waals surface area contributed by atoms with Gasteiger partial charge in [0.2, 0.25) is 5.78 Å². The zero-order valence-electron chi connectivity index (χ0n) is 15.7. The minimum Gasteiger partial charge on any atom is -0.491 e. The molecule has 2 aromatic carbocycles. The van der Waals surface area contributed by atoms with E-state index in [0.29, 0.717) is 28.7 Å². The lowest BCUT2D eigenvalue weighted by Crippen LogP contribution is -2.23. The molecular weight excluding hydrogens is 387 g/mol. The molecule has 2 rings (SSSR count). The summed E-state index contributed by atoms with van der Waals surface area (Å²) >= 11 is 6.16. The van der Waals surface area contributed by atoms with Crippen LogP contribution in [0.4, 0.5) is 4.39 Å². The van der Waals surface area contributed by atoms with E-state index in [9.17, 15) is 14.0 Å². The smallest absolute Gasteiger partial charge is 0.331 e. The number of methoxy groups -OCH3 is 1. The van der Waals surface area contributed by atoms with E-state index in [1.54, 1.807) is 12.1 Å². The van der Waals surface area contributed by atoms with E-state index >= 15 is 0 Å². The number of carbonyl (C=O) groups is 2. The van der Waals surface area contributed by atoms with Gasteiger partial charge in [0.1, 0.15) is 5.82 Å². The average Bonchev–Trinajstić information content (AvgIpc) is 2.66. The molecule has 0 bridgehead atoms. The molecular formula is C21H20ClFO5. The number of benzene rings is 2. The van der Waals surface area contributed by atoms with E-state index in [0.717, 1.165) is 0 Å². The number of Topliss-reactive ketones (excluding diaryl/α,β-unsaturated/α-hetero) is 1. The molecule has 0 amide bonds. The van der Waals surface area contributed by atoms with E-state index in [1.807, 2.05) is 6.92 Å². The predicted molar refractivity (Wildman–Crippen MR) is 104 cm³/mol. The Kier molecular flexibility index (Phi) is 7.58. The van der Waals surface area contributed by atoms with E-state index < -0.39 is 23.7 Å². The number of carbonyl (C=O) groups excluding carboxylic acids is 2. The normalized spacial score (nSPS) is 11.9. The number of esters is 1. The predicted octanol–water partition coefficient (Wildman–Crippen LogP) is 4.71. The Hall–Kier alpha value is -2.86. The lowest BCUT2D eigenvalue weighted by Gasteiger charge is -2.12. The van der Waals surface area contributed by atoms with Gasteiger partial charge in [0.25, 0.3) is 0 Å². The molecule has 0 unspecified atom stereocenters. The van der Waals surface area contributed by atoms with Gasteiger partial charge in [0.15, 0.2) is 17.6 Å². The fourth-order valence-corrected chi connectivity index (χ4v) is 2.72. The van der Waals surface area contributed by atoms with E-state index in [2.05, 4.69) is 0 Å². The molecule has 0 spiro atoms. The second kappa shape index (κ2) is 9.90. The summed E-state index contributed by atoms with van der Waals surface area (Å²) in [5, 5.41) is 0.335. The highest BCUT2D eigenvalue weighted by molar-refractivity contribution is 6.32. The highest BCUT2D eigenvalue weighted by Gasteiger charge is 2.18. The Morgan fingerprint density at radius 1 is 1.21 bits per heavy atom. The van der Waals surface area contributed by atoms with Gasteiger partial charge < -0.3 is 14.2 Å². The van der Waals surface area contributed by atoms with E-state index in [1.165, 1.54) is 50.5 Å². The summed E-state index contributed by atoms with van der Waals surface area (Å²) in [7, 11) is 1.48. The molecule has 0 saturated heterocycles. The first-order chi connectivity index (χ1) is 13.3. The topological polar surface area (TPSA) is 61.8 Å². The van der Waals surface area contributed by atoms with Crippen molar-refractivity contribution in [2.75, 3.05) is 13.7 Å². The SMILES string of the molecule is CCOc1cc(/C=C/C(=O)O[C@@H](C)C(=O)c2ccc(F)cc2)cc(Cl)c1OC. The van der Waals surface area contributed by atoms with Crippen LogP contribution in [0, 0.1) is 5.82 Å². The molecule has 0 radical (unpaired) electrons. The van der Waals surface area contributed by atoms with Crippen LogP contribution in [-0.2, 0) is 9.53 Å². The Bertz CT molecular complexity index is 877. The van der Waals surface area contributed by atoms with Crippen LogP contribution < -0.4 is 9.47 Å². The van der Waals surface area contributed by atoms with Crippen LogP contribution in [0.1, 0.15) is 29.8 Å². The monoisotopic (exact) mass is 406 g/mol. The molecule has 5 nitrogen and oxygen atoms in total. The third kappa shape index (κ3) is 5.57. The van der Waals surface area contributed by atoms with Gasteiger partial charge in [-0.2, -0.15) is 0 Å². The van der Waals surface area contributed by atoms with Crippen LogP contribution in [-0.4, -0.2) is 31.6 Å². The van der Waals surface area contributed by atoms with Crippen molar-refractivity contribution in [3.8, 4) is 11.5 Å². The van der Waals surface area contributed by atoms with Gasteiger partial charge >= 0.3 is 5.97 Å². The Labute approximate surface area is 167 Å². The molecule has 28 heavy (non-hydrogen) atoms. The fourth-order valence-electron chi connectivity index (χ4n) is 2.43. The number of hydrogen-bond donors (Lipinski definition) is 0. The first-order valence-corrected chi connectivity index (χ1v) is 8.92. The molecule has 0 N–H and O–H groups in total. The number of ether oxygens (including phenoxy) is 3. The third-order valence-corrected chi connectivity index (χ3v) is 4.02. The van der Waals surface area contributed by atoms with Gasteiger partial charge in [-0.3, -0.25) is 4.79 Å². The summed E-state index contributed by atoms with van der Waals surface area (Å²) in [4.78, 5) is 24.3. The molecule has 1 atom stereocenters. The highest BCUT2D eigenvalue weighted by atomic mass is 35.5. The quantitative estimate of drug-likeness (QED) is 0.361. The zero-order valence-corrected chi connectivity index (χ0v) is 16.5. The second-order valence-corrected chi connectivity index (χ2v) is 6.16. The number of ketones is 1. The van der Waals surface area contributed by atoms with Gasteiger partial charge in [-0.25, -0.2) is 9.18 Å². The minimum atomic E-state index is -1.01. The molecule has 0 fully saturated rings. The molecule has 148 valence electrons. The van der Waals surface area contributed by atoms with Gasteiger partial charge in [0, 0.05) is 11.6 Å². The van der Waals surface area contributed by atoms with E-state index in [-0.39, 0.29) is 5.56 Å². The standard InChI is InChI=1S/C21H20ClFO5/c1-4-27-18-12-14(11-17(22)21(18)26-3)5-10-19(24)28-13(2)20(25)15-6-8-16(23)9-7-15/h5-13H,4H2,1-3H3/b10-5+/t13-/m0/s1. The van der Waals surface area contributed by atoms with Crippen LogP contribution in [0.15, 0.2) is 42.5 Å². The van der Waals surface area contributed by atoms with Crippen molar-refractivity contribution in [3.63, 3.8) is 0 Å². The molecule has 0 aliphatic rings. The van der Waals surface area contributed by atoms with Crippen molar-refractivity contribution < 1.29 is 28.2 Å². The largest absolute Gasteiger partial charge is 0.491 e. The molecule has 0 aliphatic heterocycles. The summed E-state index contributed by atoms with van der Waals surface area (Å²) in [6.45, 7) is 3.70. The Balaban J connectivity index is 2.06. The first kappa shape index (κ1) is 21.4. The first-order valence-electron chi connectivity index (χ1n) is 8.54. The third-order valence-electron chi connectivity index (χ3n) is 3.74. The number of halogens is 2. The lowest BCUT2D eigenvalue weighted by atomic mass is 10.1. The summed E-state index contributed by atoms with van der Waals surface area (Å²) in [6, 6.07) is 8.31. The van der Waals surface area contributed by atoms with Crippen molar-refractivity contribution >= 4 is 29.4 Å². The maximum atomic E-state index is 12.9. The van der Waals surface area contributed by atoms with Crippen LogP contribution in [0.3, 0.4) is 0 Å². The Morgan fingerprint density at radius 3 is 2.50 bits per heavy atom. The number of rotatable bonds is 8. The van der Waals surface area contributed by atoms with E-state index in [4.69, 9.17) is 25.8 Å². The van der Waals surface area contributed by atoms with Crippen molar-refractivity contribution in [2.45, 2.75) is 20.0 Å². The Morgan fingerprint density at radius 2 is 1.89 bits per heavy atom. The molecule has 0 aliphatic carbocycles. The van der Waals surface area contributed by atoms with Crippen molar-refractivity contribution in [3.05, 3.63) is 64.4 Å². The summed E-state index contributed by atoms with van der Waals surface area (Å²) in [5.41, 5.74) is 0.859. The zero-order chi connectivity index (χ0) is 20.7. The fraction of sp³-hybridized carbons (Fsp3) is 0.238. The van der Waals surface area contributed by atoms with Gasteiger partial charge in [0.05, 0.1) is 18.7 Å². The van der Waals surface area contributed by atoms with Crippen LogP contribution >= 0.6 is 11.6 Å². The maximum Gasteiger partial charge on any atom is 0.331 e. The summed E-state index contributed by atoms with van der Waals surface area (Å²) in [5.74, 6) is -0.721. The molecule has 0 aromatic heterocycles. The summed E-state index contributed by atoms with van der Waals surface area (Å²) < 4.78 is 28.7. The average molecular weight is 407 g/mol. The van der Waals surface area contributed by atoms with Crippen LogP contribution in [0.25, 0.3) is 6.08 Å². The minimum absolute atomic E-state index is 0.258. The van der Waals surface area contributed by atoms with Crippen LogP contribution in [0.5, 0.6) is 11.5 Å². The molecule has 7 heteroatoms. The highest BCUT2D eigenvalue weighted by Crippen LogP contribution is 2.36. The van der Waals surface area contributed by atoms with Gasteiger partial charge in [-0.05, 0) is 61.9 Å². The van der Waals surface area contributed by atoms with Crippen molar-refractivity contribution in [1.82, 2.24) is 0 Å². The van der Waals surface area contributed by atoms with Gasteiger partial charge in [-0.15, -0.1) is 0 Å². The summed E-state index contributed by atoms with van der Waals surface area (Å²) in [6.07, 6.45) is 1.66. The molecule has 0 heterocycles. The van der Waals surface area contributed by atoms with Gasteiger partial charge in [-0.1, -0.05) is 11.6 Å². The second-order valence-electron chi connectivity index (χ2n) is 5.75. The van der Waals surface area contributed by atoms with Crippen molar-refractivity contribution in [2.24, 2.45) is 0 Å². The lowest BCUT2D eigenvalue weighted by molar-refractivity contribution is -0.140. The van der Waals surface area contributed by atoms with Crippen molar-refractivity contribution in [1.29, 1.82) is 0 Å². The van der Waals surface area contributed by atoms with Crippen LogP contribution in [0.2, 0.25) is 5.02 Å². The number of hydrogen-bond acceptors (Lipinski definition) is 5. The molecule has 0 saturated carbocycles. The molecule has 2 aromatic rings.